The lowest BCUT2D eigenvalue weighted by Crippen LogP contribution is -2.44. The number of benzene rings is 1. The van der Waals surface area contributed by atoms with Gasteiger partial charge in [-0.2, -0.15) is 5.10 Å². The summed E-state index contributed by atoms with van der Waals surface area (Å²) in [7, 11) is 0. The van der Waals surface area contributed by atoms with Crippen molar-refractivity contribution in [2.24, 2.45) is 17.8 Å². The first-order valence-corrected chi connectivity index (χ1v) is 15.4. The summed E-state index contributed by atoms with van der Waals surface area (Å²) in [6, 6.07) is 7.76. The Bertz CT molecular complexity index is 1270. The lowest BCUT2D eigenvalue weighted by atomic mass is 9.94. The zero-order valence-corrected chi connectivity index (χ0v) is 25.6. The Labute approximate surface area is 248 Å². The number of amides is 3. The van der Waals surface area contributed by atoms with E-state index in [-0.39, 0.29) is 23.6 Å². The first kappa shape index (κ1) is 29.6. The lowest BCUT2D eigenvalue weighted by molar-refractivity contribution is -0.133. The van der Waals surface area contributed by atoms with Crippen molar-refractivity contribution >= 4 is 35.0 Å². The molecule has 222 valence electrons. The van der Waals surface area contributed by atoms with Gasteiger partial charge in [-0.15, -0.1) is 0 Å². The summed E-state index contributed by atoms with van der Waals surface area (Å²) < 4.78 is 1.80. The molecule has 0 aliphatic carbocycles. The number of anilines is 1. The zero-order valence-electron chi connectivity index (χ0n) is 24.8. The van der Waals surface area contributed by atoms with Gasteiger partial charge in [-0.1, -0.05) is 17.7 Å². The van der Waals surface area contributed by atoms with Gasteiger partial charge in [0.05, 0.1) is 5.69 Å². The average molecular weight is 583 g/mol. The molecule has 3 saturated heterocycles. The van der Waals surface area contributed by atoms with Crippen LogP contribution in [0.1, 0.15) is 54.9 Å². The Morgan fingerprint density at radius 2 is 1.68 bits per heavy atom. The number of aromatic nitrogens is 2. The summed E-state index contributed by atoms with van der Waals surface area (Å²) in [6.07, 6.45) is 2.25. The van der Waals surface area contributed by atoms with Crippen molar-refractivity contribution in [3.8, 4) is 0 Å². The maximum absolute atomic E-state index is 13.7. The number of carbonyl (C=O) groups is 3. The molecule has 1 aromatic heterocycles. The first-order chi connectivity index (χ1) is 19.6. The molecule has 2 atom stereocenters. The first-order valence-electron chi connectivity index (χ1n) is 15.0. The number of aryl methyl sites for hydroxylation is 3. The van der Waals surface area contributed by atoms with E-state index in [2.05, 4.69) is 10.00 Å². The summed E-state index contributed by atoms with van der Waals surface area (Å²) >= 11 is 6.46. The third-order valence-corrected chi connectivity index (χ3v) is 9.56. The molecule has 0 spiro atoms. The molecule has 2 unspecified atom stereocenters. The normalized spacial score (nSPS) is 21.4. The molecular formula is C31H43ClN6O3. The van der Waals surface area contributed by atoms with Gasteiger partial charge in [0.15, 0.2) is 0 Å². The van der Waals surface area contributed by atoms with E-state index in [1.54, 1.807) is 11.6 Å². The number of likely N-dealkylation sites (tertiary alicyclic amines) is 3. The monoisotopic (exact) mass is 582 g/mol. The van der Waals surface area contributed by atoms with E-state index in [4.69, 9.17) is 11.6 Å². The van der Waals surface area contributed by atoms with Crippen LogP contribution in [0.15, 0.2) is 24.3 Å². The van der Waals surface area contributed by atoms with Gasteiger partial charge in [-0.05, 0) is 82.2 Å². The van der Waals surface area contributed by atoms with Gasteiger partial charge < -0.3 is 19.6 Å². The van der Waals surface area contributed by atoms with E-state index in [0.717, 1.165) is 56.1 Å². The summed E-state index contributed by atoms with van der Waals surface area (Å²) in [5.74, 6) is 1.17. The van der Waals surface area contributed by atoms with Crippen molar-refractivity contribution < 1.29 is 14.4 Å². The Hall–Kier alpha value is -2.91. The molecule has 41 heavy (non-hydrogen) atoms. The van der Waals surface area contributed by atoms with Crippen molar-refractivity contribution in [2.75, 3.05) is 57.3 Å². The fourth-order valence-electron chi connectivity index (χ4n) is 6.79. The van der Waals surface area contributed by atoms with Crippen LogP contribution in [0, 0.1) is 31.6 Å². The second-order valence-electron chi connectivity index (χ2n) is 12.0. The van der Waals surface area contributed by atoms with Gasteiger partial charge in [-0.25, -0.2) is 0 Å². The van der Waals surface area contributed by atoms with Crippen LogP contribution < -0.4 is 4.90 Å². The van der Waals surface area contributed by atoms with Gasteiger partial charge in [0, 0.05) is 75.9 Å². The van der Waals surface area contributed by atoms with E-state index in [1.807, 2.05) is 59.7 Å². The van der Waals surface area contributed by atoms with Crippen LogP contribution in [0.4, 0.5) is 5.69 Å². The number of halogens is 1. The predicted octanol–water partition coefficient (Wildman–Crippen LogP) is 3.86. The molecule has 0 bridgehead atoms. The summed E-state index contributed by atoms with van der Waals surface area (Å²) in [5, 5.41) is 5.11. The second-order valence-corrected chi connectivity index (χ2v) is 12.4. The van der Waals surface area contributed by atoms with Crippen LogP contribution in [-0.4, -0.2) is 94.6 Å². The highest BCUT2D eigenvalue weighted by atomic mass is 35.5. The Balaban J connectivity index is 1.16. The molecular weight excluding hydrogens is 540 g/mol. The molecule has 2 aromatic rings. The molecule has 3 fully saturated rings. The molecule has 0 saturated carbocycles. The van der Waals surface area contributed by atoms with E-state index in [1.165, 1.54) is 0 Å². The van der Waals surface area contributed by atoms with E-state index in [0.29, 0.717) is 61.6 Å². The van der Waals surface area contributed by atoms with Crippen molar-refractivity contribution in [3.05, 3.63) is 46.2 Å². The van der Waals surface area contributed by atoms with Gasteiger partial charge in [0.25, 0.3) is 5.91 Å². The maximum Gasteiger partial charge on any atom is 0.272 e. The van der Waals surface area contributed by atoms with Crippen molar-refractivity contribution in [1.82, 2.24) is 24.5 Å². The largest absolute Gasteiger partial charge is 0.343 e. The second kappa shape index (κ2) is 12.5. The lowest BCUT2D eigenvalue weighted by Gasteiger charge is -2.34. The molecule has 5 rings (SSSR count). The van der Waals surface area contributed by atoms with Crippen LogP contribution in [0.3, 0.4) is 0 Å². The molecule has 10 heteroatoms. The minimum absolute atomic E-state index is 0.0728. The number of rotatable bonds is 8. The molecule has 0 N–H and O–H groups in total. The van der Waals surface area contributed by atoms with Gasteiger partial charge in [0.2, 0.25) is 11.8 Å². The zero-order chi connectivity index (χ0) is 29.3. The van der Waals surface area contributed by atoms with Crippen LogP contribution in [-0.2, 0) is 16.1 Å². The average Bonchev–Trinajstić information content (AvgIpc) is 3.65. The van der Waals surface area contributed by atoms with Crippen molar-refractivity contribution in [3.63, 3.8) is 0 Å². The molecule has 1 aromatic carbocycles. The smallest absolute Gasteiger partial charge is 0.272 e. The van der Waals surface area contributed by atoms with E-state index in [9.17, 15) is 14.4 Å². The van der Waals surface area contributed by atoms with Gasteiger partial charge in [-0.3, -0.25) is 19.1 Å². The fraction of sp³-hybridized carbons (Fsp3) is 0.613. The Kier molecular flexibility index (Phi) is 9.04. The number of hydrogen-bond acceptors (Lipinski definition) is 5. The quantitative estimate of drug-likeness (QED) is 0.472. The van der Waals surface area contributed by atoms with Crippen LogP contribution in [0.5, 0.6) is 0 Å². The van der Waals surface area contributed by atoms with E-state index < -0.39 is 0 Å². The molecule has 9 nitrogen and oxygen atoms in total. The fourth-order valence-corrected chi connectivity index (χ4v) is 6.96. The number of hydrogen-bond donors (Lipinski definition) is 0. The molecule has 3 amide bonds. The topological polar surface area (TPSA) is 82.0 Å². The molecule has 4 heterocycles. The number of piperidine rings is 1. The Morgan fingerprint density at radius 3 is 2.29 bits per heavy atom. The van der Waals surface area contributed by atoms with Crippen LogP contribution in [0.2, 0.25) is 5.02 Å². The number of nitrogens with zero attached hydrogens (tertiary/aromatic N) is 6. The maximum atomic E-state index is 13.7. The summed E-state index contributed by atoms with van der Waals surface area (Å²) in [5.41, 5.74) is 3.40. The number of fused-ring (bicyclic) bond motifs is 1. The SMILES string of the molecule is CCn1nc(C)cc1C(=O)N1CC2CN(CCCN(C(=O)C3CCN(C(C)=O)CC3)c3ccc(C)c(Cl)c3)CC2C1. The molecule has 3 aliphatic heterocycles. The van der Waals surface area contributed by atoms with E-state index >= 15 is 0 Å². The van der Waals surface area contributed by atoms with Crippen molar-refractivity contribution in [1.29, 1.82) is 0 Å². The highest BCUT2D eigenvalue weighted by molar-refractivity contribution is 6.31. The predicted molar refractivity (Wildman–Crippen MR) is 160 cm³/mol. The Morgan fingerprint density at radius 1 is 1.00 bits per heavy atom. The van der Waals surface area contributed by atoms with Crippen LogP contribution in [0.25, 0.3) is 0 Å². The third-order valence-electron chi connectivity index (χ3n) is 9.15. The molecule has 0 radical (unpaired) electrons. The standard InChI is InChI=1S/C31H43ClN6O3/c1-5-38-29(15-22(3)33-38)31(41)36-19-25-17-34(18-26(25)20-36)11-6-12-37(27-8-7-21(2)28(32)16-27)30(40)24-9-13-35(14-10-24)23(4)39/h7-8,15-16,24-26H,5-6,9-14,17-20H2,1-4H3. The van der Waals surface area contributed by atoms with Gasteiger partial charge in [0.1, 0.15) is 5.69 Å². The van der Waals surface area contributed by atoms with Crippen LogP contribution >= 0.6 is 11.6 Å². The van der Waals surface area contributed by atoms with Crippen molar-refractivity contribution in [2.45, 2.75) is 53.5 Å². The number of carbonyl (C=O) groups excluding carboxylic acids is 3. The molecule has 3 aliphatic rings. The minimum Gasteiger partial charge on any atom is -0.343 e. The highest BCUT2D eigenvalue weighted by Gasteiger charge is 2.42. The summed E-state index contributed by atoms with van der Waals surface area (Å²) in [6.45, 7) is 14.5. The van der Waals surface area contributed by atoms with Gasteiger partial charge >= 0.3 is 0 Å². The highest BCUT2D eigenvalue weighted by Crippen LogP contribution is 2.33. The summed E-state index contributed by atoms with van der Waals surface area (Å²) in [4.78, 5) is 47.0. The third kappa shape index (κ3) is 6.46. The minimum atomic E-state index is -0.0897.